The molecule has 9 nitrogen and oxygen atoms in total. The summed E-state index contributed by atoms with van der Waals surface area (Å²) in [6.45, 7) is 2.72. The molecule has 0 bridgehead atoms. The van der Waals surface area contributed by atoms with Gasteiger partial charge in [-0.1, -0.05) is 24.3 Å². The first-order valence-corrected chi connectivity index (χ1v) is 11.7. The van der Waals surface area contributed by atoms with Crippen LogP contribution in [0.4, 0.5) is 0 Å². The number of benzene rings is 4. The largest absolute Gasteiger partial charge is 0.508 e. The van der Waals surface area contributed by atoms with Crippen molar-refractivity contribution in [3.8, 4) is 23.0 Å². The van der Waals surface area contributed by atoms with E-state index < -0.39 is 0 Å². The molecule has 0 saturated carbocycles. The van der Waals surface area contributed by atoms with E-state index in [0.717, 1.165) is 21.5 Å². The Labute approximate surface area is 207 Å². The summed E-state index contributed by atoms with van der Waals surface area (Å²) in [6, 6.07) is 21.9. The number of aliphatic imine (C=N–C) groups is 2. The number of phenols is 2. The number of fused-ring (bicyclic) bond motifs is 2. The summed E-state index contributed by atoms with van der Waals surface area (Å²) < 4.78 is 11.5. The molecular formula is C27H24N4O5. The Bertz CT molecular complexity index is 1500. The Morgan fingerprint density at radius 3 is 2.00 bits per heavy atom. The van der Waals surface area contributed by atoms with Gasteiger partial charge in [-0.2, -0.15) is 10.1 Å². The minimum atomic E-state index is 0.195. The Balaban J connectivity index is 1.25. The number of hydroxylamine groups is 2. The number of guanidine groups is 1. The van der Waals surface area contributed by atoms with Crippen molar-refractivity contribution >= 4 is 33.5 Å². The molecule has 0 unspecified atom stereocenters. The van der Waals surface area contributed by atoms with Crippen LogP contribution < -0.4 is 9.57 Å². The summed E-state index contributed by atoms with van der Waals surface area (Å²) >= 11 is 0. The molecule has 1 saturated heterocycles. The van der Waals surface area contributed by atoms with Crippen molar-refractivity contribution in [1.29, 1.82) is 0 Å². The lowest BCUT2D eigenvalue weighted by molar-refractivity contribution is -0.00924. The highest BCUT2D eigenvalue weighted by Gasteiger charge is 2.27. The van der Waals surface area contributed by atoms with Crippen molar-refractivity contribution in [2.45, 2.75) is 0 Å². The van der Waals surface area contributed by atoms with Gasteiger partial charge in [-0.15, -0.1) is 0 Å². The van der Waals surface area contributed by atoms with Gasteiger partial charge in [-0.05, 0) is 70.1 Å². The van der Waals surface area contributed by atoms with E-state index in [2.05, 4.69) is 14.9 Å². The van der Waals surface area contributed by atoms with E-state index in [1.165, 1.54) is 0 Å². The van der Waals surface area contributed by atoms with Crippen molar-refractivity contribution in [3.63, 3.8) is 0 Å². The summed E-state index contributed by atoms with van der Waals surface area (Å²) in [7, 11) is 0. The Morgan fingerprint density at radius 1 is 0.722 bits per heavy atom. The molecule has 2 N–H and O–H groups in total. The van der Waals surface area contributed by atoms with Gasteiger partial charge in [0.25, 0.3) is 0 Å². The van der Waals surface area contributed by atoms with Gasteiger partial charge in [0.2, 0.25) is 5.96 Å². The van der Waals surface area contributed by atoms with Crippen LogP contribution in [0.5, 0.6) is 23.0 Å². The molecule has 9 heteroatoms. The maximum Gasteiger partial charge on any atom is 0.322 e. The van der Waals surface area contributed by atoms with E-state index >= 15 is 0 Å². The second kappa shape index (κ2) is 9.27. The molecular weight excluding hydrogens is 460 g/mol. The van der Waals surface area contributed by atoms with Crippen molar-refractivity contribution in [2.24, 2.45) is 9.98 Å². The highest BCUT2D eigenvalue weighted by Crippen LogP contribution is 2.27. The number of amidine groups is 1. The third kappa shape index (κ3) is 4.56. The molecule has 1 fully saturated rings. The minimum absolute atomic E-state index is 0.195. The highest BCUT2D eigenvalue weighted by molar-refractivity contribution is 5.95. The van der Waals surface area contributed by atoms with Gasteiger partial charge >= 0.3 is 6.02 Å². The molecule has 0 aromatic heterocycles. The Kier molecular flexibility index (Phi) is 5.67. The number of ether oxygens (including phenoxy) is 2. The van der Waals surface area contributed by atoms with E-state index in [1.807, 2.05) is 48.5 Å². The van der Waals surface area contributed by atoms with E-state index in [-0.39, 0.29) is 24.2 Å². The van der Waals surface area contributed by atoms with Crippen LogP contribution in [0.2, 0.25) is 0 Å². The number of phenolic OH excluding ortho intramolecular Hbond substituents is 2. The molecule has 0 amide bonds. The maximum absolute atomic E-state index is 9.73. The second-order valence-corrected chi connectivity index (χ2v) is 8.55. The molecule has 0 spiro atoms. The number of hydrogen-bond donors (Lipinski definition) is 2. The van der Waals surface area contributed by atoms with Crippen molar-refractivity contribution in [1.82, 2.24) is 9.96 Å². The monoisotopic (exact) mass is 484 g/mol. The quantitative estimate of drug-likeness (QED) is 0.452. The molecule has 0 radical (unpaired) electrons. The standard InChI is InChI=1S/C27H24N4O5/c32-22-5-1-20-15-24(7-3-18(20)13-22)35-26-28-17-31(27(29-26)30-9-11-34-12-10-30)36-25-8-4-19-14-23(33)6-2-21(19)16-25/h1-8,13-16,32-33H,9-12,17H2. The zero-order valence-electron chi connectivity index (χ0n) is 19.4. The van der Waals surface area contributed by atoms with E-state index in [0.29, 0.717) is 43.8 Å². The molecule has 36 heavy (non-hydrogen) atoms. The average molecular weight is 485 g/mol. The third-order valence-corrected chi connectivity index (χ3v) is 6.06. The molecule has 4 aromatic carbocycles. The first-order valence-electron chi connectivity index (χ1n) is 11.7. The van der Waals surface area contributed by atoms with Crippen LogP contribution in [0.1, 0.15) is 0 Å². The molecule has 6 rings (SSSR count). The predicted octanol–water partition coefficient (Wildman–Crippen LogP) is 4.09. The van der Waals surface area contributed by atoms with Gasteiger partial charge in [-0.3, -0.25) is 0 Å². The topological polar surface area (TPSA) is 99.4 Å². The van der Waals surface area contributed by atoms with Crippen LogP contribution in [0.15, 0.2) is 82.8 Å². The summed E-state index contributed by atoms with van der Waals surface area (Å²) in [4.78, 5) is 17.5. The summed E-state index contributed by atoms with van der Waals surface area (Å²) in [5.74, 6) is 2.27. The van der Waals surface area contributed by atoms with Crippen LogP contribution in [0.25, 0.3) is 21.5 Å². The van der Waals surface area contributed by atoms with E-state index in [1.54, 1.807) is 29.3 Å². The van der Waals surface area contributed by atoms with Crippen LogP contribution in [0.3, 0.4) is 0 Å². The average Bonchev–Trinajstić information content (AvgIpc) is 2.90. The van der Waals surface area contributed by atoms with Crippen molar-refractivity contribution in [2.75, 3.05) is 33.0 Å². The zero-order valence-corrected chi connectivity index (χ0v) is 19.4. The smallest absolute Gasteiger partial charge is 0.322 e. The number of nitrogens with zero attached hydrogens (tertiary/aromatic N) is 4. The number of morpholine rings is 1. The third-order valence-electron chi connectivity index (χ3n) is 6.06. The first kappa shape index (κ1) is 22.0. The van der Waals surface area contributed by atoms with E-state index in [4.69, 9.17) is 14.3 Å². The van der Waals surface area contributed by atoms with Gasteiger partial charge in [0.1, 0.15) is 17.2 Å². The maximum atomic E-state index is 9.73. The molecule has 182 valence electrons. The molecule has 0 aliphatic carbocycles. The summed E-state index contributed by atoms with van der Waals surface area (Å²) in [5.41, 5.74) is 0. The van der Waals surface area contributed by atoms with Crippen molar-refractivity contribution in [3.05, 3.63) is 72.8 Å². The zero-order chi connectivity index (χ0) is 24.5. The van der Waals surface area contributed by atoms with Gasteiger partial charge < -0.3 is 29.4 Å². The number of rotatable bonds is 3. The van der Waals surface area contributed by atoms with Gasteiger partial charge in [0.15, 0.2) is 12.4 Å². The van der Waals surface area contributed by atoms with Gasteiger partial charge in [0, 0.05) is 13.1 Å². The minimum Gasteiger partial charge on any atom is -0.508 e. The fourth-order valence-corrected chi connectivity index (χ4v) is 4.26. The second-order valence-electron chi connectivity index (χ2n) is 8.55. The van der Waals surface area contributed by atoms with Crippen molar-refractivity contribution < 1.29 is 24.5 Å². The molecule has 0 atom stereocenters. The molecule has 2 heterocycles. The summed E-state index contributed by atoms with van der Waals surface area (Å²) in [5, 5.41) is 24.8. The normalized spacial score (nSPS) is 16.1. The lowest BCUT2D eigenvalue weighted by Gasteiger charge is -2.36. The molecule has 2 aliphatic rings. The van der Waals surface area contributed by atoms with E-state index in [9.17, 15) is 10.2 Å². The fraction of sp³-hybridized carbons (Fsp3) is 0.185. The fourth-order valence-electron chi connectivity index (χ4n) is 4.26. The Hall–Kier alpha value is -4.50. The number of aromatic hydroxyl groups is 2. The lowest BCUT2D eigenvalue weighted by Crippen LogP contribution is -2.52. The van der Waals surface area contributed by atoms with Crippen LogP contribution in [-0.2, 0) is 4.74 Å². The SMILES string of the molecule is Oc1ccc2cc(OC3=NCN(Oc4ccc5cc(O)ccc5c4)C(N4CCOCC4)=N3)ccc2c1. The molecule has 2 aliphatic heterocycles. The predicted molar refractivity (Wildman–Crippen MR) is 136 cm³/mol. The lowest BCUT2D eigenvalue weighted by atomic mass is 10.1. The Morgan fingerprint density at radius 2 is 1.31 bits per heavy atom. The summed E-state index contributed by atoms with van der Waals surface area (Å²) in [6.07, 6.45) is 0. The first-order chi connectivity index (χ1) is 17.6. The van der Waals surface area contributed by atoms with Gasteiger partial charge in [-0.25, -0.2) is 4.99 Å². The number of hydrogen-bond acceptors (Lipinski definition) is 9. The highest BCUT2D eigenvalue weighted by atomic mass is 16.7. The van der Waals surface area contributed by atoms with Gasteiger partial charge in [0.05, 0.1) is 13.2 Å². The van der Waals surface area contributed by atoms with Crippen LogP contribution in [-0.4, -0.2) is 65.1 Å². The van der Waals surface area contributed by atoms with Crippen LogP contribution >= 0.6 is 0 Å². The van der Waals surface area contributed by atoms with Crippen LogP contribution in [0, 0.1) is 0 Å². The molecule has 4 aromatic rings.